The molecule has 0 bridgehead atoms. The van der Waals surface area contributed by atoms with Crippen molar-refractivity contribution in [2.45, 2.75) is 36.2 Å². The number of amides is 3. The van der Waals surface area contributed by atoms with E-state index in [0.29, 0.717) is 10.2 Å². The summed E-state index contributed by atoms with van der Waals surface area (Å²) in [4.78, 5) is 28.2. The third kappa shape index (κ3) is 3.79. The summed E-state index contributed by atoms with van der Waals surface area (Å²) < 4.78 is 1.91. The maximum absolute atomic E-state index is 12.1. The first-order valence-corrected chi connectivity index (χ1v) is 8.60. The molecule has 0 spiro atoms. The van der Waals surface area contributed by atoms with Crippen molar-refractivity contribution in [2.75, 3.05) is 0 Å². The first-order chi connectivity index (χ1) is 10.9. The summed E-state index contributed by atoms with van der Waals surface area (Å²) in [5.41, 5.74) is 1.72. The van der Waals surface area contributed by atoms with Gasteiger partial charge in [-0.3, -0.25) is 10.1 Å². The van der Waals surface area contributed by atoms with Gasteiger partial charge in [0, 0.05) is 18.1 Å². The lowest BCUT2D eigenvalue weighted by atomic mass is 10.3. The Morgan fingerprint density at radius 2 is 2.17 bits per heavy atom. The number of imide groups is 1. The van der Waals surface area contributed by atoms with Gasteiger partial charge in [-0.25, -0.2) is 9.78 Å². The molecule has 1 aromatic heterocycles. The number of aryl methyl sites for hydroxylation is 1. The SMILES string of the molecule is C[C@@H](Sc1nc2cc(Cl)ccc2n1C)C(=O)NC(=O)NC1CC1. The second-order valence-corrected chi connectivity index (χ2v) is 7.33. The number of halogens is 1. The molecule has 1 aliphatic carbocycles. The Balaban J connectivity index is 1.66. The van der Waals surface area contributed by atoms with Gasteiger partial charge in [0.1, 0.15) is 0 Å². The van der Waals surface area contributed by atoms with Gasteiger partial charge in [0.25, 0.3) is 0 Å². The number of hydrogen-bond acceptors (Lipinski definition) is 4. The normalized spacial score (nSPS) is 15.4. The van der Waals surface area contributed by atoms with E-state index >= 15 is 0 Å². The predicted octanol–water partition coefficient (Wildman–Crippen LogP) is 2.70. The van der Waals surface area contributed by atoms with Gasteiger partial charge >= 0.3 is 6.03 Å². The summed E-state index contributed by atoms with van der Waals surface area (Å²) in [6.45, 7) is 1.75. The number of carbonyl (C=O) groups is 2. The first kappa shape index (κ1) is 16.1. The number of imidazole rings is 1. The molecule has 0 aliphatic heterocycles. The highest BCUT2D eigenvalue weighted by atomic mass is 35.5. The Morgan fingerprint density at radius 3 is 2.87 bits per heavy atom. The van der Waals surface area contributed by atoms with Crippen LogP contribution in [0.1, 0.15) is 19.8 Å². The van der Waals surface area contributed by atoms with Crippen LogP contribution in [0.3, 0.4) is 0 Å². The van der Waals surface area contributed by atoms with Crippen molar-refractivity contribution < 1.29 is 9.59 Å². The van der Waals surface area contributed by atoms with Crippen molar-refractivity contribution in [3.05, 3.63) is 23.2 Å². The zero-order valence-electron chi connectivity index (χ0n) is 12.8. The van der Waals surface area contributed by atoms with E-state index < -0.39 is 11.3 Å². The summed E-state index contributed by atoms with van der Waals surface area (Å²) in [5, 5.41) is 5.98. The summed E-state index contributed by atoms with van der Waals surface area (Å²) in [6, 6.07) is 5.27. The lowest BCUT2D eigenvalue weighted by molar-refractivity contribution is -0.119. The number of benzene rings is 1. The molecule has 122 valence electrons. The fourth-order valence-corrected chi connectivity index (χ4v) is 3.19. The van der Waals surface area contributed by atoms with Gasteiger partial charge in [-0.05, 0) is 38.0 Å². The van der Waals surface area contributed by atoms with Gasteiger partial charge in [-0.2, -0.15) is 0 Å². The fourth-order valence-electron chi connectivity index (χ4n) is 2.13. The van der Waals surface area contributed by atoms with Gasteiger partial charge in [0.15, 0.2) is 5.16 Å². The van der Waals surface area contributed by atoms with Crippen molar-refractivity contribution in [3.63, 3.8) is 0 Å². The molecule has 3 rings (SSSR count). The molecule has 2 N–H and O–H groups in total. The molecule has 1 aromatic carbocycles. The molecular formula is C15H17ClN4O2S. The number of hydrogen-bond donors (Lipinski definition) is 2. The lowest BCUT2D eigenvalue weighted by Gasteiger charge is -2.11. The van der Waals surface area contributed by atoms with E-state index in [2.05, 4.69) is 15.6 Å². The number of rotatable bonds is 4. The maximum atomic E-state index is 12.1. The molecule has 23 heavy (non-hydrogen) atoms. The molecule has 3 amide bonds. The molecule has 1 heterocycles. The molecule has 1 aliphatic rings. The summed E-state index contributed by atoms with van der Waals surface area (Å²) in [6.07, 6.45) is 1.96. The molecule has 1 atom stereocenters. The van der Waals surface area contributed by atoms with Gasteiger partial charge in [-0.15, -0.1) is 0 Å². The van der Waals surface area contributed by atoms with Crippen LogP contribution in [0.2, 0.25) is 5.02 Å². The largest absolute Gasteiger partial charge is 0.335 e. The van der Waals surface area contributed by atoms with Crippen LogP contribution in [0.5, 0.6) is 0 Å². The number of nitrogens with zero attached hydrogens (tertiary/aromatic N) is 2. The Kier molecular flexibility index (Phi) is 4.50. The number of thioether (sulfide) groups is 1. The van der Waals surface area contributed by atoms with Crippen molar-refractivity contribution in [1.82, 2.24) is 20.2 Å². The minimum atomic E-state index is -0.439. The van der Waals surface area contributed by atoms with Gasteiger partial charge in [-0.1, -0.05) is 23.4 Å². The van der Waals surface area contributed by atoms with E-state index in [4.69, 9.17) is 11.6 Å². The average Bonchev–Trinajstić information content (AvgIpc) is 3.24. The van der Waals surface area contributed by atoms with Crippen molar-refractivity contribution in [1.29, 1.82) is 0 Å². The van der Waals surface area contributed by atoms with Crippen LogP contribution >= 0.6 is 23.4 Å². The second kappa shape index (κ2) is 6.41. The molecular weight excluding hydrogens is 336 g/mol. The molecule has 0 unspecified atom stereocenters. The fraction of sp³-hybridized carbons (Fsp3) is 0.400. The maximum Gasteiger partial charge on any atom is 0.321 e. The summed E-state index contributed by atoms with van der Waals surface area (Å²) >= 11 is 7.28. The van der Waals surface area contributed by atoms with Crippen molar-refractivity contribution >= 4 is 46.3 Å². The van der Waals surface area contributed by atoms with E-state index in [1.165, 1.54) is 11.8 Å². The monoisotopic (exact) mass is 352 g/mol. The Morgan fingerprint density at radius 1 is 1.43 bits per heavy atom. The minimum Gasteiger partial charge on any atom is -0.335 e. The number of nitrogens with one attached hydrogen (secondary N) is 2. The second-order valence-electron chi connectivity index (χ2n) is 5.58. The van der Waals surface area contributed by atoms with Crippen molar-refractivity contribution in [3.8, 4) is 0 Å². The summed E-state index contributed by atoms with van der Waals surface area (Å²) in [5.74, 6) is -0.335. The number of urea groups is 1. The molecule has 1 saturated carbocycles. The minimum absolute atomic E-state index is 0.218. The van der Waals surface area contributed by atoms with E-state index in [1.54, 1.807) is 19.1 Å². The highest BCUT2D eigenvalue weighted by molar-refractivity contribution is 8.00. The first-order valence-electron chi connectivity index (χ1n) is 7.34. The lowest BCUT2D eigenvalue weighted by Crippen LogP contribution is -2.43. The van der Waals surface area contributed by atoms with Crippen LogP contribution in [-0.4, -0.2) is 32.8 Å². The van der Waals surface area contributed by atoms with Gasteiger partial charge in [0.2, 0.25) is 5.91 Å². The third-order valence-corrected chi connectivity index (χ3v) is 4.98. The highest BCUT2D eigenvalue weighted by Gasteiger charge is 2.25. The van der Waals surface area contributed by atoms with Crippen LogP contribution in [0.25, 0.3) is 11.0 Å². The van der Waals surface area contributed by atoms with Crippen molar-refractivity contribution in [2.24, 2.45) is 7.05 Å². The van der Waals surface area contributed by atoms with Crippen LogP contribution in [0, 0.1) is 0 Å². The van der Waals surface area contributed by atoms with E-state index in [1.807, 2.05) is 17.7 Å². The highest BCUT2D eigenvalue weighted by Crippen LogP contribution is 2.27. The number of aromatic nitrogens is 2. The standard InChI is InChI=1S/C15H17ClN4O2S/c1-8(13(21)19-14(22)17-10-4-5-10)23-15-18-11-7-9(16)3-6-12(11)20(15)2/h3,6-8,10H,4-5H2,1-2H3,(H2,17,19,21,22)/t8-/m1/s1. The molecule has 1 fully saturated rings. The van der Waals surface area contributed by atoms with Gasteiger partial charge in [0.05, 0.1) is 16.3 Å². The van der Waals surface area contributed by atoms with E-state index in [9.17, 15) is 9.59 Å². The topological polar surface area (TPSA) is 76.0 Å². The Bertz CT molecular complexity index is 772. The smallest absolute Gasteiger partial charge is 0.321 e. The molecule has 6 nitrogen and oxygen atoms in total. The zero-order valence-corrected chi connectivity index (χ0v) is 14.4. The average molecular weight is 353 g/mol. The van der Waals surface area contributed by atoms with E-state index in [0.717, 1.165) is 23.9 Å². The van der Waals surface area contributed by atoms with E-state index in [-0.39, 0.29) is 11.9 Å². The quantitative estimate of drug-likeness (QED) is 0.829. The van der Waals surface area contributed by atoms with Gasteiger partial charge < -0.3 is 9.88 Å². The number of fused-ring (bicyclic) bond motifs is 1. The number of carbonyl (C=O) groups excluding carboxylic acids is 2. The summed E-state index contributed by atoms with van der Waals surface area (Å²) in [7, 11) is 1.88. The predicted molar refractivity (Wildman–Crippen MR) is 90.7 cm³/mol. The third-order valence-electron chi connectivity index (χ3n) is 3.60. The Hall–Kier alpha value is -1.73. The van der Waals surface area contributed by atoms with Crippen LogP contribution < -0.4 is 10.6 Å². The van der Waals surface area contributed by atoms with Crippen LogP contribution in [-0.2, 0) is 11.8 Å². The molecule has 0 saturated heterocycles. The molecule has 8 heteroatoms. The Labute approximate surface area is 143 Å². The van der Waals surface area contributed by atoms with Crippen LogP contribution in [0.4, 0.5) is 4.79 Å². The zero-order chi connectivity index (χ0) is 16.6. The van der Waals surface area contributed by atoms with Crippen LogP contribution in [0.15, 0.2) is 23.4 Å². The molecule has 2 aromatic rings. The molecule has 0 radical (unpaired) electrons.